The first-order valence-electron chi connectivity index (χ1n) is 35.3. The lowest BCUT2D eigenvalue weighted by atomic mass is 9.97. The molecule has 1 N–H and O–H groups in total. The predicted octanol–water partition coefficient (Wildman–Crippen LogP) is 22.9. The van der Waals surface area contributed by atoms with Crippen molar-refractivity contribution in [3.63, 3.8) is 0 Å². The van der Waals surface area contributed by atoms with Crippen LogP contribution in [0.15, 0.2) is 0 Å². The molecule has 5 nitrogen and oxygen atoms in total. The van der Waals surface area contributed by atoms with E-state index in [1.165, 1.54) is 334 Å². The maximum absolute atomic E-state index is 13.9. The summed E-state index contributed by atoms with van der Waals surface area (Å²) in [4.78, 5) is 32.1. The minimum absolute atomic E-state index is 0.437. The van der Waals surface area contributed by atoms with Gasteiger partial charge in [-0.15, -0.1) is 0 Å². The third-order valence-electron chi connectivity index (χ3n) is 17.1. The summed E-state index contributed by atoms with van der Waals surface area (Å²) in [5.41, 5.74) is 0. The average Bonchev–Trinajstić information content (AvgIpc) is 3.41. The van der Waals surface area contributed by atoms with Crippen LogP contribution in [0.5, 0.6) is 0 Å². The lowest BCUT2D eigenvalue weighted by Gasteiger charge is -2.33. The Bertz CT molecular complexity index is 1080. The quantitative estimate of drug-likeness (QED) is 0.0618. The third-order valence-corrected chi connectivity index (χ3v) is 17.1. The average molecular weight is 1060 g/mol. The highest BCUT2D eigenvalue weighted by Crippen LogP contribution is 2.23. The zero-order valence-electron chi connectivity index (χ0n) is 52.8. The van der Waals surface area contributed by atoms with Gasteiger partial charge in [-0.3, -0.25) is 9.59 Å². The SMILES string of the molecule is CCCCCCCCCCNC(CCCCCCCCC(=O)N(CCCCCCCCCC)CCCCCCCCCC)CCCCCCCCC(=O)N(CCCC)C(CCCCCCCC)CCCCCCCC. The van der Waals surface area contributed by atoms with Crippen LogP contribution in [0.2, 0.25) is 0 Å². The molecule has 0 saturated heterocycles. The van der Waals surface area contributed by atoms with E-state index in [-0.39, 0.29) is 0 Å². The zero-order valence-corrected chi connectivity index (χ0v) is 52.8. The summed E-state index contributed by atoms with van der Waals surface area (Å²) in [5, 5.41) is 4.05. The second kappa shape index (κ2) is 62.1. The Morgan fingerprint density at radius 2 is 0.560 bits per heavy atom. The van der Waals surface area contributed by atoms with Gasteiger partial charge >= 0.3 is 0 Å². The van der Waals surface area contributed by atoms with Crippen molar-refractivity contribution in [1.82, 2.24) is 15.1 Å². The highest BCUT2D eigenvalue weighted by Gasteiger charge is 2.23. The molecular formula is C70H141N3O2. The fraction of sp³-hybridized carbons (Fsp3) is 0.971. The molecule has 0 bridgehead atoms. The van der Waals surface area contributed by atoms with Crippen LogP contribution < -0.4 is 5.32 Å². The van der Waals surface area contributed by atoms with Gasteiger partial charge in [0.05, 0.1) is 0 Å². The number of carbonyl (C=O) groups excluding carboxylic acids is 2. The standard InChI is InChI=1S/C70H141N3O2/c1-7-13-19-24-29-36-45-54-63-71-67(57-48-39-32-34-43-52-61-69(74)72(64-55-46-37-30-25-20-14-8-2)65-56-47-38-31-26-21-15-9-3)58-49-40-33-35-44-53-62-70(75)73(66-18-12-6)68(59-50-41-27-22-16-10-4)60-51-42-28-23-17-11-5/h67-68,71H,7-66H2,1-6H3. The van der Waals surface area contributed by atoms with Gasteiger partial charge in [-0.25, -0.2) is 0 Å². The first-order valence-corrected chi connectivity index (χ1v) is 35.3. The van der Waals surface area contributed by atoms with Crippen molar-refractivity contribution in [2.75, 3.05) is 26.2 Å². The van der Waals surface area contributed by atoms with Crippen LogP contribution in [0.25, 0.3) is 0 Å². The lowest BCUT2D eigenvalue weighted by molar-refractivity contribution is -0.134. The summed E-state index contributed by atoms with van der Waals surface area (Å²) >= 11 is 0. The zero-order chi connectivity index (χ0) is 54.6. The van der Waals surface area contributed by atoms with Crippen molar-refractivity contribution in [2.24, 2.45) is 0 Å². The second-order valence-corrected chi connectivity index (χ2v) is 24.5. The Morgan fingerprint density at radius 3 is 0.920 bits per heavy atom. The summed E-state index contributed by atoms with van der Waals surface area (Å²) in [6.45, 7) is 17.9. The maximum Gasteiger partial charge on any atom is 0.222 e. The van der Waals surface area contributed by atoms with Crippen LogP contribution in [-0.4, -0.2) is 59.9 Å². The largest absolute Gasteiger partial charge is 0.343 e. The van der Waals surface area contributed by atoms with E-state index in [4.69, 9.17) is 0 Å². The first-order chi connectivity index (χ1) is 37.0. The Balaban J connectivity index is 4.90. The molecule has 0 spiro atoms. The van der Waals surface area contributed by atoms with E-state index in [9.17, 15) is 9.59 Å². The lowest BCUT2D eigenvalue weighted by Crippen LogP contribution is -2.41. The molecule has 0 aromatic rings. The Kier molecular flexibility index (Phi) is 61.2. The molecule has 0 aliphatic heterocycles. The molecule has 1 atom stereocenters. The number of nitrogens with zero attached hydrogens (tertiary/aromatic N) is 2. The van der Waals surface area contributed by atoms with Crippen LogP contribution in [0.4, 0.5) is 0 Å². The van der Waals surface area contributed by atoms with E-state index in [0.717, 1.165) is 51.7 Å². The molecule has 1 unspecified atom stereocenters. The van der Waals surface area contributed by atoms with Crippen molar-refractivity contribution in [2.45, 2.75) is 413 Å². The van der Waals surface area contributed by atoms with Gasteiger partial charge in [0.25, 0.3) is 0 Å². The monoisotopic (exact) mass is 1060 g/mol. The van der Waals surface area contributed by atoms with E-state index in [2.05, 4.69) is 56.7 Å². The Hall–Kier alpha value is -1.10. The molecule has 0 aliphatic carbocycles. The van der Waals surface area contributed by atoms with Crippen LogP contribution >= 0.6 is 0 Å². The van der Waals surface area contributed by atoms with E-state index in [1.807, 2.05) is 0 Å². The van der Waals surface area contributed by atoms with Gasteiger partial charge in [0.2, 0.25) is 11.8 Å². The first kappa shape index (κ1) is 73.9. The number of nitrogens with one attached hydrogen (secondary N) is 1. The van der Waals surface area contributed by atoms with Crippen LogP contribution in [0.3, 0.4) is 0 Å². The van der Waals surface area contributed by atoms with E-state index < -0.39 is 0 Å². The molecule has 0 radical (unpaired) electrons. The molecule has 0 heterocycles. The fourth-order valence-electron chi connectivity index (χ4n) is 11.8. The summed E-state index contributed by atoms with van der Waals surface area (Å²) < 4.78 is 0. The molecule has 2 amide bonds. The number of carbonyl (C=O) groups is 2. The van der Waals surface area contributed by atoms with Gasteiger partial charge in [-0.2, -0.15) is 0 Å². The molecule has 448 valence electrons. The topological polar surface area (TPSA) is 52.7 Å². The molecule has 0 fully saturated rings. The molecule has 5 heteroatoms. The van der Waals surface area contributed by atoms with Crippen molar-refractivity contribution in [3.8, 4) is 0 Å². The van der Waals surface area contributed by atoms with Crippen molar-refractivity contribution in [1.29, 1.82) is 0 Å². The normalized spacial score (nSPS) is 12.1. The fourth-order valence-corrected chi connectivity index (χ4v) is 11.8. The van der Waals surface area contributed by atoms with Crippen molar-refractivity contribution >= 4 is 11.8 Å². The maximum atomic E-state index is 13.9. The molecule has 75 heavy (non-hydrogen) atoms. The minimum atomic E-state index is 0.437. The van der Waals surface area contributed by atoms with Crippen LogP contribution in [-0.2, 0) is 9.59 Å². The third kappa shape index (κ3) is 52.1. The molecule has 0 aliphatic rings. The molecular weight excluding hydrogens is 915 g/mol. The Labute approximate surface area is 473 Å². The van der Waals surface area contributed by atoms with Gasteiger partial charge in [0, 0.05) is 44.6 Å². The minimum Gasteiger partial charge on any atom is -0.343 e. The van der Waals surface area contributed by atoms with Crippen molar-refractivity contribution < 1.29 is 9.59 Å². The highest BCUT2D eigenvalue weighted by atomic mass is 16.2. The van der Waals surface area contributed by atoms with E-state index in [1.54, 1.807) is 0 Å². The number of unbranched alkanes of at least 4 members (excludes halogenated alkanes) is 42. The van der Waals surface area contributed by atoms with E-state index in [0.29, 0.717) is 23.9 Å². The van der Waals surface area contributed by atoms with E-state index >= 15 is 0 Å². The van der Waals surface area contributed by atoms with Gasteiger partial charge in [-0.1, -0.05) is 324 Å². The molecule has 0 aromatic carbocycles. The van der Waals surface area contributed by atoms with Gasteiger partial charge < -0.3 is 15.1 Å². The predicted molar refractivity (Wildman–Crippen MR) is 336 cm³/mol. The molecule has 0 aromatic heterocycles. The molecule has 0 rings (SSSR count). The van der Waals surface area contributed by atoms with Crippen molar-refractivity contribution in [3.05, 3.63) is 0 Å². The summed E-state index contributed by atoms with van der Waals surface area (Å²) in [6, 6.07) is 1.12. The number of rotatable bonds is 64. The summed E-state index contributed by atoms with van der Waals surface area (Å²) in [6.07, 6.45) is 72.4. The summed E-state index contributed by atoms with van der Waals surface area (Å²) in [7, 11) is 0. The highest BCUT2D eigenvalue weighted by molar-refractivity contribution is 5.76. The smallest absolute Gasteiger partial charge is 0.222 e. The van der Waals surface area contributed by atoms with Crippen LogP contribution in [0, 0.1) is 0 Å². The van der Waals surface area contributed by atoms with Gasteiger partial charge in [0.15, 0.2) is 0 Å². The van der Waals surface area contributed by atoms with Crippen LogP contribution in [0.1, 0.15) is 401 Å². The Morgan fingerprint density at radius 1 is 0.280 bits per heavy atom. The number of hydrogen-bond donors (Lipinski definition) is 1. The second-order valence-electron chi connectivity index (χ2n) is 24.5. The number of amides is 2. The summed E-state index contributed by atoms with van der Waals surface area (Å²) in [5.74, 6) is 0.897. The van der Waals surface area contributed by atoms with Gasteiger partial charge in [0.1, 0.15) is 0 Å². The van der Waals surface area contributed by atoms with Gasteiger partial charge in [-0.05, 0) is 70.8 Å². The molecule has 0 saturated carbocycles. The number of hydrogen-bond acceptors (Lipinski definition) is 3.